The monoisotopic (exact) mass is 422 g/mol. The topological polar surface area (TPSA) is 58.6 Å². The highest BCUT2D eigenvalue weighted by atomic mass is 35.5. The summed E-state index contributed by atoms with van der Waals surface area (Å²) in [7, 11) is 1.69. The summed E-state index contributed by atoms with van der Waals surface area (Å²) < 4.78 is 5.63. The SMILES string of the molecule is CC(C)[C@H](NC(=O)c1ccccc1Cl)C(=O)N(C)CCOc1ccc(Cl)cc1. The highest BCUT2D eigenvalue weighted by Crippen LogP contribution is 2.17. The van der Waals surface area contributed by atoms with Crippen LogP contribution in [0.15, 0.2) is 48.5 Å². The molecule has 1 atom stereocenters. The normalized spacial score (nSPS) is 11.8. The lowest BCUT2D eigenvalue weighted by atomic mass is 10.0. The molecule has 0 radical (unpaired) electrons. The van der Waals surface area contributed by atoms with Gasteiger partial charge in [0.25, 0.3) is 5.91 Å². The molecule has 28 heavy (non-hydrogen) atoms. The molecule has 0 bridgehead atoms. The summed E-state index contributed by atoms with van der Waals surface area (Å²) in [6, 6.07) is 13.1. The van der Waals surface area contributed by atoms with Crippen molar-refractivity contribution in [2.75, 3.05) is 20.2 Å². The summed E-state index contributed by atoms with van der Waals surface area (Å²) in [5, 5.41) is 3.78. The van der Waals surface area contributed by atoms with Crippen molar-refractivity contribution in [3.8, 4) is 5.75 Å². The van der Waals surface area contributed by atoms with Gasteiger partial charge in [0, 0.05) is 12.1 Å². The summed E-state index contributed by atoms with van der Waals surface area (Å²) >= 11 is 11.9. The van der Waals surface area contributed by atoms with E-state index < -0.39 is 6.04 Å². The van der Waals surface area contributed by atoms with Crippen LogP contribution in [-0.2, 0) is 4.79 Å². The molecule has 2 aromatic carbocycles. The number of carbonyl (C=O) groups excluding carboxylic acids is 2. The van der Waals surface area contributed by atoms with E-state index in [2.05, 4.69) is 5.32 Å². The minimum absolute atomic E-state index is 0.0847. The summed E-state index contributed by atoms with van der Waals surface area (Å²) in [4.78, 5) is 26.9. The molecule has 5 nitrogen and oxygen atoms in total. The number of nitrogens with zero attached hydrogens (tertiary/aromatic N) is 1. The summed E-state index contributed by atoms with van der Waals surface area (Å²) in [5.74, 6) is 0.0369. The number of hydrogen-bond acceptors (Lipinski definition) is 3. The fourth-order valence-corrected chi connectivity index (χ4v) is 2.90. The molecule has 2 aromatic rings. The van der Waals surface area contributed by atoms with Gasteiger partial charge >= 0.3 is 0 Å². The lowest BCUT2D eigenvalue weighted by molar-refractivity contribution is -0.133. The lowest BCUT2D eigenvalue weighted by Gasteiger charge is -2.27. The zero-order valence-corrected chi connectivity index (χ0v) is 17.6. The maximum atomic E-state index is 12.8. The Bertz CT molecular complexity index is 810. The third-order valence-electron chi connectivity index (χ3n) is 4.22. The van der Waals surface area contributed by atoms with E-state index in [-0.39, 0.29) is 17.7 Å². The van der Waals surface area contributed by atoms with Crippen LogP contribution in [0.3, 0.4) is 0 Å². The van der Waals surface area contributed by atoms with E-state index in [9.17, 15) is 9.59 Å². The Morgan fingerprint density at radius 2 is 1.71 bits per heavy atom. The van der Waals surface area contributed by atoms with Crippen molar-refractivity contribution in [2.45, 2.75) is 19.9 Å². The van der Waals surface area contributed by atoms with Crippen molar-refractivity contribution < 1.29 is 14.3 Å². The second-order valence-corrected chi connectivity index (χ2v) is 7.58. The fraction of sp³-hybridized carbons (Fsp3) is 0.333. The third-order valence-corrected chi connectivity index (χ3v) is 4.80. The van der Waals surface area contributed by atoms with Gasteiger partial charge in [-0.15, -0.1) is 0 Å². The molecule has 150 valence electrons. The number of ether oxygens (including phenoxy) is 1. The minimum atomic E-state index is -0.663. The van der Waals surface area contributed by atoms with Gasteiger partial charge in [-0.25, -0.2) is 0 Å². The predicted octanol–water partition coefficient (Wildman–Crippen LogP) is 4.29. The van der Waals surface area contributed by atoms with Crippen LogP contribution in [0.1, 0.15) is 24.2 Å². The van der Waals surface area contributed by atoms with E-state index in [4.69, 9.17) is 27.9 Å². The Morgan fingerprint density at radius 3 is 2.32 bits per heavy atom. The Balaban J connectivity index is 1.94. The minimum Gasteiger partial charge on any atom is -0.492 e. The number of hydrogen-bond donors (Lipinski definition) is 1. The van der Waals surface area contributed by atoms with Crippen molar-refractivity contribution >= 4 is 35.0 Å². The number of carbonyl (C=O) groups is 2. The molecule has 0 unspecified atom stereocenters. The molecule has 0 saturated carbocycles. The van der Waals surface area contributed by atoms with E-state index in [0.717, 1.165) is 0 Å². The Hall–Kier alpha value is -2.24. The van der Waals surface area contributed by atoms with E-state index in [1.165, 1.54) is 0 Å². The highest BCUT2D eigenvalue weighted by Gasteiger charge is 2.27. The molecule has 0 aliphatic carbocycles. The van der Waals surface area contributed by atoms with Gasteiger partial charge in [-0.1, -0.05) is 49.2 Å². The Morgan fingerprint density at radius 1 is 1.07 bits per heavy atom. The van der Waals surface area contributed by atoms with Crippen LogP contribution >= 0.6 is 23.2 Å². The summed E-state index contributed by atoms with van der Waals surface area (Å²) in [6.07, 6.45) is 0. The predicted molar refractivity (Wildman–Crippen MR) is 112 cm³/mol. The summed E-state index contributed by atoms with van der Waals surface area (Å²) in [6.45, 7) is 4.47. The molecule has 0 saturated heterocycles. The van der Waals surface area contributed by atoms with Gasteiger partial charge in [0.1, 0.15) is 18.4 Å². The van der Waals surface area contributed by atoms with Crippen LogP contribution < -0.4 is 10.1 Å². The largest absolute Gasteiger partial charge is 0.492 e. The first-order valence-electron chi connectivity index (χ1n) is 8.98. The number of benzene rings is 2. The molecular formula is C21H24Cl2N2O3. The Kier molecular flexibility index (Phi) is 8.15. The molecule has 0 heterocycles. The molecule has 2 amide bonds. The van der Waals surface area contributed by atoms with E-state index in [0.29, 0.717) is 34.5 Å². The van der Waals surface area contributed by atoms with Crippen LogP contribution in [0.5, 0.6) is 5.75 Å². The van der Waals surface area contributed by atoms with Crippen molar-refractivity contribution in [3.63, 3.8) is 0 Å². The second kappa shape index (κ2) is 10.3. The molecule has 0 spiro atoms. The van der Waals surface area contributed by atoms with Crippen LogP contribution in [-0.4, -0.2) is 43.0 Å². The fourth-order valence-electron chi connectivity index (χ4n) is 2.56. The summed E-state index contributed by atoms with van der Waals surface area (Å²) in [5.41, 5.74) is 0.344. The average molecular weight is 423 g/mol. The van der Waals surface area contributed by atoms with E-state index in [1.807, 2.05) is 13.8 Å². The third kappa shape index (κ3) is 6.14. The first-order chi connectivity index (χ1) is 13.3. The van der Waals surface area contributed by atoms with Crippen LogP contribution in [0.2, 0.25) is 10.0 Å². The van der Waals surface area contributed by atoms with Gasteiger partial charge in [-0.2, -0.15) is 0 Å². The van der Waals surface area contributed by atoms with Crippen molar-refractivity contribution in [2.24, 2.45) is 5.92 Å². The Labute approximate surface area is 175 Å². The molecule has 0 aromatic heterocycles. The standard InChI is InChI=1S/C21H24Cl2N2O3/c1-14(2)19(24-20(26)17-6-4-5-7-18(17)23)21(27)25(3)12-13-28-16-10-8-15(22)9-11-16/h4-11,14,19H,12-13H2,1-3H3,(H,24,26)/t19-/m0/s1. The van der Waals surface area contributed by atoms with Crippen molar-refractivity contribution in [3.05, 3.63) is 64.1 Å². The molecule has 2 rings (SSSR count). The first-order valence-corrected chi connectivity index (χ1v) is 9.74. The number of halogens is 2. The van der Waals surface area contributed by atoms with Gasteiger partial charge in [0.15, 0.2) is 0 Å². The number of nitrogens with one attached hydrogen (secondary N) is 1. The smallest absolute Gasteiger partial charge is 0.253 e. The van der Waals surface area contributed by atoms with Crippen LogP contribution in [0.25, 0.3) is 0 Å². The highest BCUT2D eigenvalue weighted by molar-refractivity contribution is 6.33. The maximum absolute atomic E-state index is 12.8. The number of likely N-dealkylation sites (N-methyl/N-ethyl adjacent to an activating group) is 1. The first kappa shape index (κ1) is 22.1. The van der Waals surface area contributed by atoms with Gasteiger partial charge in [0.2, 0.25) is 5.91 Å². The number of rotatable bonds is 8. The van der Waals surface area contributed by atoms with Crippen LogP contribution in [0.4, 0.5) is 0 Å². The van der Waals surface area contributed by atoms with Gasteiger partial charge < -0.3 is 15.0 Å². The molecule has 0 fully saturated rings. The van der Waals surface area contributed by atoms with Crippen LogP contribution in [0, 0.1) is 5.92 Å². The van der Waals surface area contributed by atoms with E-state index in [1.54, 1.807) is 60.5 Å². The van der Waals surface area contributed by atoms with Gasteiger partial charge in [-0.05, 0) is 42.3 Å². The molecule has 0 aliphatic rings. The molecule has 7 heteroatoms. The maximum Gasteiger partial charge on any atom is 0.253 e. The molecule has 0 aliphatic heterocycles. The quantitative estimate of drug-likeness (QED) is 0.690. The lowest BCUT2D eigenvalue weighted by Crippen LogP contribution is -2.50. The van der Waals surface area contributed by atoms with Crippen molar-refractivity contribution in [1.82, 2.24) is 10.2 Å². The zero-order chi connectivity index (χ0) is 20.7. The van der Waals surface area contributed by atoms with Gasteiger partial charge in [0.05, 0.1) is 17.1 Å². The van der Waals surface area contributed by atoms with Gasteiger partial charge in [-0.3, -0.25) is 9.59 Å². The molecule has 1 N–H and O–H groups in total. The molecular weight excluding hydrogens is 399 g/mol. The average Bonchev–Trinajstić information content (AvgIpc) is 2.67. The number of amides is 2. The second-order valence-electron chi connectivity index (χ2n) is 6.74. The zero-order valence-electron chi connectivity index (χ0n) is 16.1. The van der Waals surface area contributed by atoms with Crippen molar-refractivity contribution in [1.29, 1.82) is 0 Å². The van der Waals surface area contributed by atoms with E-state index >= 15 is 0 Å².